The van der Waals surface area contributed by atoms with E-state index in [1.807, 2.05) is 44.2 Å². The zero-order valence-corrected chi connectivity index (χ0v) is 18.3. The first-order chi connectivity index (χ1) is 16.0. The maximum atomic E-state index is 12.7. The number of H-pyrrole nitrogens is 1. The van der Waals surface area contributed by atoms with Gasteiger partial charge in [-0.15, -0.1) is 0 Å². The molecule has 0 spiro atoms. The van der Waals surface area contributed by atoms with Crippen molar-refractivity contribution in [1.82, 2.24) is 30.4 Å². The minimum absolute atomic E-state index is 0.0313. The van der Waals surface area contributed by atoms with Crippen molar-refractivity contribution in [1.29, 1.82) is 0 Å². The third kappa shape index (κ3) is 4.25. The van der Waals surface area contributed by atoms with Crippen LogP contribution in [0.2, 0.25) is 0 Å². The van der Waals surface area contributed by atoms with E-state index in [0.717, 1.165) is 27.7 Å². The highest BCUT2D eigenvalue weighted by Gasteiger charge is 2.29. The minimum Gasteiger partial charge on any atom is -0.352 e. The zero-order chi connectivity index (χ0) is 22.9. The van der Waals surface area contributed by atoms with Crippen LogP contribution < -0.4 is 10.6 Å². The molecule has 3 heterocycles. The Bertz CT molecular complexity index is 1360. The lowest BCUT2D eigenvalue weighted by molar-refractivity contribution is -0.122. The zero-order valence-electron chi connectivity index (χ0n) is 18.3. The average molecular weight is 441 g/mol. The van der Waals surface area contributed by atoms with Crippen LogP contribution in [0, 0.1) is 0 Å². The van der Waals surface area contributed by atoms with Gasteiger partial charge in [-0.25, -0.2) is 9.97 Å². The average Bonchev–Trinajstić information content (AvgIpc) is 3.37. The number of nitrogens with one attached hydrogen (secondary N) is 3. The van der Waals surface area contributed by atoms with Gasteiger partial charge in [-0.2, -0.15) is 5.10 Å². The summed E-state index contributed by atoms with van der Waals surface area (Å²) in [5.74, 6) is 0.908. The number of aromatic amines is 1. The number of nitrogens with zero attached hydrogens (tertiary/aromatic N) is 4. The van der Waals surface area contributed by atoms with E-state index in [4.69, 9.17) is 0 Å². The number of rotatable bonds is 6. The lowest BCUT2D eigenvalue weighted by atomic mass is 10.1. The molecule has 9 nitrogen and oxygen atoms in total. The maximum absolute atomic E-state index is 12.7. The number of benzene rings is 2. The van der Waals surface area contributed by atoms with Crippen LogP contribution in [0.15, 0.2) is 54.9 Å². The molecule has 166 valence electrons. The normalized spacial score (nSPS) is 12.9. The summed E-state index contributed by atoms with van der Waals surface area (Å²) >= 11 is 0. The first kappa shape index (κ1) is 20.6. The summed E-state index contributed by atoms with van der Waals surface area (Å²) in [5.41, 5.74) is 4.14. The number of hydrogen-bond acceptors (Lipinski definition) is 6. The van der Waals surface area contributed by atoms with Gasteiger partial charge in [-0.05, 0) is 55.8 Å². The van der Waals surface area contributed by atoms with Crippen molar-refractivity contribution >= 4 is 34.2 Å². The van der Waals surface area contributed by atoms with Crippen LogP contribution in [0.25, 0.3) is 22.3 Å². The summed E-state index contributed by atoms with van der Waals surface area (Å²) in [6.45, 7) is 4.21. The van der Waals surface area contributed by atoms with Gasteiger partial charge in [0.05, 0.1) is 11.7 Å². The second kappa shape index (κ2) is 8.34. The molecule has 2 aromatic heterocycles. The first-order valence-electron chi connectivity index (χ1n) is 10.7. The number of carbonyl (C=O) groups excluding carboxylic acids is 2. The van der Waals surface area contributed by atoms with Crippen LogP contribution in [0.4, 0.5) is 11.5 Å². The van der Waals surface area contributed by atoms with E-state index in [1.54, 1.807) is 29.4 Å². The molecule has 0 unspecified atom stereocenters. The van der Waals surface area contributed by atoms with Gasteiger partial charge in [0.2, 0.25) is 5.91 Å². The van der Waals surface area contributed by atoms with E-state index in [-0.39, 0.29) is 24.4 Å². The second-order valence-electron chi connectivity index (χ2n) is 8.32. The molecule has 4 aromatic rings. The van der Waals surface area contributed by atoms with Crippen molar-refractivity contribution in [3.63, 3.8) is 0 Å². The smallest absolute Gasteiger partial charge is 0.254 e. The van der Waals surface area contributed by atoms with Crippen LogP contribution in [-0.4, -0.2) is 49.5 Å². The lowest BCUT2D eigenvalue weighted by Gasteiger charge is -2.16. The summed E-state index contributed by atoms with van der Waals surface area (Å²) in [6, 6.07) is 13.3. The summed E-state index contributed by atoms with van der Waals surface area (Å²) in [7, 11) is 0. The first-order valence-corrected chi connectivity index (χ1v) is 10.7. The molecule has 1 aliphatic rings. The van der Waals surface area contributed by atoms with Gasteiger partial charge >= 0.3 is 0 Å². The molecule has 0 bridgehead atoms. The van der Waals surface area contributed by atoms with Crippen molar-refractivity contribution < 1.29 is 9.59 Å². The molecule has 0 atom stereocenters. The van der Waals surface area contributed by atoms with E-state index in [0.29, 0.717) is 23.8 Å². The molecule has 1 aliphatic heterocycles. The quantitative estimate of drug-likeness (QED) is 0.423. The van der Waals surface area contributed by atoms with Crippen LogP contribution in [0.3, 0.4) is 0 Å². The molecule has 0 saturated carbocycles. The van der Waals surface area contributed by atoms with Gasteiger partial charge in [0.1, 0.15) is 12.4 Å². The Balaban J connectivity index is 1.34. The van der Waals surface area contributed by atoms with Gasteiger partial charge in [0.15, 0.2) is 5.82 Å². The largest absolute Gasteiger partial charge is 0.352 e. The number of carbonyl (C=O) groups is 2. The Morgan fingerprint density at radius 1 is 1.18 bits per heavy atom. The highest BCUT2D eigenvalue weighted by molar-refractivity contribution is 6.00. The molecule has 2 aromatic carbocycles. The second-order valence-corrected chi connectivity index (χ2v) is 8.32. The molecule has 2 amide bonds. The molecule has 3 N–H and O–H groups in total. The Morgan fingerprint density at radius 3 is 2.91 bits per heavy atom. The van der Waals surface area contributed by atoms with E-state index in [1.165, 1.54) is 0 Å². The Labute approximate surface area is 190 Å². The number of aromatic nitrogens is 4. The molecule has 0 radical (unpaired) electrons. The fourth-order valence-corrected chi connectivity index (χ4v) is 3.92. The van der Waals surface area contributed by atoms with Crippen LogP contribution in [0.1, 0.15) is 29.8 Å². The summed E-state index contributed by atoms with van der Waals surface area (Å²) in [6.07, 6.45) is 3.47. The van der Waals surface area contributed by atoms with Gasteiger partial charge in [-0.1, -0.05) is 6.07 Å². The monoisotopic (exact) mass is 441 g/mol. The predicted molar refractivity (Wildman–Crippen MR) is 125 cm³/mol. The number of anilines is 2. The Hall–Kier alpha value is -4.27. The molecule has 33 heavy (non-hydrogen) atoms. The summed E-state index contributed by atoms with van der Waals surface area (Å²) < 4.78 is 0. The molecule has 9 heteroatoms. The number of amides is 2. The topological polar surface area (TPSA) is 116 Å². The standard InChI is InChI=1S/C24H23N7O2/c1-14(2)27-22(32)13-31-12-17-9-15(3-5-19(17)24(31)33)23-25-8-7-21(29-23)28-18-4-6-20-16(10-18)11-26-30-20/h3-11,14H,12-13H2,1-2H3,(H,26,30)(H,27,32)(H,25,28,29). The van der Waals surface area contributed by atoms with Crippen molar-refractivity contribution in [3.8, 4) is 11.4 Å². The Morgan fingerprint density at radius 2 is 2.06 bits per heavy atom. The fraction of sp³-hybridized carbons (Fsp3) is 0.208. The molecular weight excluding hydrogens is 418 g/mol. The molecule has 0 fully saturated rings. The van der Waals surface area contributed by atoms with Crippen molar-refractivity contribution in [2.45, 2.75) is 26.4 Å². The molecule has 0 aliphatic carbocycles. The highest BCUT2D eigenvalue weighted by atomic mass is 16.2. The minimum atomic E-state index is -0.165. The summed E-state index contributed by atoms with van der Waals surface area (Å²) in [5, 5.41) is 14.1. The lowest BCUT2D eigenvalue weighted by Crippen LogP contribution is -2.40. The van der Waals surface area contributed by atoms with Crippen molar-refractivity contribution in [2.75, 3.05) is 11.9 Å². The maximum Gasteiger partial charge on any atom is 0.254 e. The van der Waals surface area contributed by atoms with Gasteiger partial charge in [-0.3, -0.25) is 14.7 Å². The number of fused-ring (bicyclic) bond motifs is 2. The van der Waals surface area contributed by atoms with Crippen LogP contribution in [-0.2, 0) is 11.3 Å². The predicted octanol–water partition coefficient (Wildman–Crippen LogP) is 3.24. The van der Waals surface area contributed by atoms with E-state index in [2.05, 4.69) is 30.8 Å². The molecule has 0 saturated heterocycles. The SMILES string of the molecule is CC(C)NC(=O)CN1Cc2cc(-c3nccc(Nc4ccc5[nH]ncc5c4)n3)ccc2C1=O. The van der Waals surface area contributed by atoms with Gasteiger partial charge < -0.3 is 15.5 Å². The third-order valence-corrected chi connectivity index (χ3v) is 5.39. The van der Waals surface area contributed by atoms with E-state index in [9.17, 15) is 9.59 Å². The fourth-order valence-electron chi connectivity index (χ4n) is 3.92. The highest BCUT2D eigenvalue weighted by Crippen LogP contribution is 2.28. The Kier molecular flexibility index (Phi) is 5.21. The van der Waals surface area contributed by atoms with E-state index < -0.39 is 0 Å². The number of hydrogen-bond donors (Lipinski definition) is 3. The van der Waals surface area contributed by atoms with Crippen molar-refractivity contribution in [2.24, 2.45) is 0 Å². The van der Waals surface area contributed by atoms with E-state index >= 15 is 0 Å². The van der Waals surface area contributed by atoms with Crippen LogP contribution >= 0.6 is 0 Å². The van der Waals surface area contributed by atoms with Crippen LogP contribution in [0.5, 0.6) is 0 Å². The van der Waals surface area contributed by atoms with Gasteiger partial charge in [0.25, 0.3) is 5.91 Å². The summed E-state index contributed by atoms with van der Waals surface area (Å²) in [4.78, 5) is 35.4. The molecule has 5 rings (SSSR count). The third-order valence-electron chi connectivity index (χ3n) is 5.39. The molecular formula is C24H23N7O2. The van der Waals surface area contributed by atoms with Gasteiger partial charge in [0, 0.05) is 41.0 Å². The van der Waals surface area contributed by atoms with Crippen molar-refractivity contribution in [3.05, 3.63) is 66.0 Å².